The Hall–Kier alpha value is -0.200. The molecule has 80 valence electrons. The van der Waals surface area contributed by atoms with Gasteiger partial charge in [-0.1, -0.05) is 0 Å². The first-order chi connectivity index (χ1) is 7.08. The fourth-order valence-corrected chi connectivity index (χ4v) is 2.69. The second-order valence-electron chi connectivity index (χ2n) is 3.11. The number of nitrogens with zero attached hydrogens (tertiary/aromatic N) is 3. The van der Waals surface area contributed by atoms with E-state index in [0.29, 0.717) is 28.0 Å². The topological polar surface area (TPSA) is 46.1 Å². The molecule has 0 N–H and O–H groups in total. The number of rotatable bonds is 1. The largest absolute Gasteiger partial charge is 0.293 e. The molecule has 1 amide bonds. The normalized spacial score (nSPS) is 21.1. The Bertz CT molecular complexity index is 415. The lowest BCUT2D eigenvalue weighted by atomic mass is 10.4. The van der Waals surface area contributed by atoms with Gasteiger partial charge in [-0.2, -0.15) is 0 Å². The molecule has 1 aliphatic rings. The van der Waals surface area contributed by atoms with Crippen molar-refractivity contribution in [2.75, 3.05) is 11.4 Å². The van der Waals surface area contributed by atoms with Crippen LogP contribution < -0.4 is 4.90 Å². The predicted molar refractivity (Wildman–Crippen MR) is 64.0 cm³/mol. The third-order valence-corrected chi connectivity index (χ3v) is 3.22. The number of aromatic nitrogens is 2. The van der Waals surface area contributed by atoms with Crippen molar-refractivity contribution in [2.24, 2.45) is 0 Å². The molecule has 2 rings (SSSR count). The van der Waals surface area contributed by atoms with Crippen LogP contribution in [0.3, 0.4) is 0 Å². The minimum absolute atomic E-state index is 0.0210. The maximum absolute atomic E-state index is 11.6. The minimum Gasteiger partial charge on any atom is -0.293 e. The van der Waals surface area contributed by atoms with Crippen LogP contribution in [0.2, 0.25) is 0 Å². The summed E-state index contributed by atoms with van der Waals surface area (Å²) in [7, 11) is 0. The average Bonchev–Trinajstić information content (AvgIpc) is 2.45. The van der Waals surface area contributed by atoms with Crippen molar-refractivity contribution in [3.05, 3.63) is 15.4 Å². The number of hydrogen-bond donors (Lipinski definition) is 0. The number of anilines is 1. The van der Waals surface area contributed by atoms with E-state index in [1.807, 2.05) is 0 Å². The van der Waals surface area contributed by atoms with Crippen molar-refractivity contribution in [3.8, 4) is 0 Å². The van der Waals surface area contributed by atoms with Gasteiger partial charge in [0.25, 0.3) is 0 Å². The van der Waals surface area contributed by atoms with Crippen molar-refractivity contribution < 1.29 is 4.79 Å². The van der Waals surface area contributed by atoms with Gasteiger partial charge in [-0.3, -0.25) is 9.69 Å². The summed E-state index contributed by atoms with van der Waals surface area (Å²) in [5, 5.41) is -0.144. The standard InChI is InChI=1S/C8H6Br2ClN3O/c9-5-2-12-8(7(10)13-5)14-3-4(11)1-6(14)15/h2,4H,1,3H2. The molecule has 0 spiro atoms. The number of alkyl halides is 1. The van der Waals surface area contributed by atoms with Crippen LogP contribution in [0, 0.1) is 0 Å². The van der Waals surface area contributed by atoms with Crippen LogP contribution >= 0.6 is 43.5 Å². The van der Waals surface area contributed by atoms with Crippen molar-refractivity contribution in [3.63, 3.8) is 0 Å². The first kappa shape index (κ1) is 11.3. The number of hydrogen-bond acceptors (Lipinski definition) is 3. The smallest absolute Gasteiger partial charge is 0.229 e. The van der Waals surface area contributed by atoms with Gasteiger partial charge in [0.15, 0.2) is 5.82 Å². The van der Waals surface area contributed by atoms with Crippen LogP contribution in [0.25, 0.3) is 0 Å². The molecule has 1 saturated heterocycles. The van der Waals surface area contributed by atoms with Crippen LogP contribution in [-0.4, -0.2) is 27.8 Å². The zero-order valence-corrected chi connectivity index (χ0v) is 11.4. The summed E-state index contributed by atoms with van der Waals surface area (Å²) in [4.78, 5) is 21.4. The zero-order valence-electron chi connectivity index (χ0n) is 7.45. The summed E-state index contributed by atoms with van der Waals surface area (Å²) in [6.07, 6.45) is 1.90. The van der Waals surface area contributed by atoms with E-state index in [-0.39, 0.29) is 11.3 Å². The maximum Gasteiger partial charge on any atom is 0.229 e. The van der Waals surface area contributed by atoms with E-state index >= 15 is 0 Å². The molecule has 1 fully saturated rings. The third-order valence-electron chi connectivity index (χ3n) is 2.02. The lowest BCUT2D eigenvalue weighted by Gasteiger charge is -2.15. The van der Waals surface area contributed by atoms with E-state index in [1.54, 1.807) is 11.1 Å². The zero-order chi connectivity index (χ0) is 11.0. The van der Waals surface area contributed by atoms with E-state index in [1.165, 1.54) is 0 Å². The van der Waals surface area contributed by atoms with Gasteiger partial charge in [0.2, 0.25) is 5.91 Å². The Morgan fingerprint density at radius 1 is 1.53 bits per heavy atom. The second kappa shape index (κ2) is 4.35. The lowest BCUT2D eigenvalue weighted by molar-refractivity contribution is -0.117. The summed E-state index contributed by atoms with van der Waals surface area (Å²) < 4.78 is 1.16. The molecular weight excluding hydrogens is 349 g/mol. The van der Waals surface area contributed by atoms with Crippen molar-refractivity contribution in [2.45, 2.75) is 11.8 Å². The molecule has 2 heterocycles. The highest BCUT2D eigenvalue weighted by Crippen LogP contribution is 2.28. The maximum atomic E-state index is 11.6. The molecule has 0 saturated carbocycles. The lowest BCUT2D eigenvalue weighted by Crippen LogP contribution is -2.26. The number of amides is 1. The van der Waals surface area contributed by atoms with Crippen LogP contribution in [0.15, 0.2) is 15.4 Å². The first-order valence-corrected chi connectivity index (χ1v) is 6.22. The predicted octanol–water partition coefficient (Wildman–Crippen LogP) is 2.35. The molecule has 0 aliphatic carbocycles. The monoisotopic (exact) mass is 353 g/mol. The fraction of sp³-hybridized carbons (Fsp3) is 0.375. The number of halogens is 3. The van der Waals surface area contributed by atoms with Gasteiger partial charge in [0.05, 0.1) is 11.6 Å². The van der Waals surface area contributed by atoms with Gasteiger partial charge < -0.3 is 0 Å². The van der Waals surface area contributed by atoms with E-state index in [4.69, 9.17) is 11.6 Å². The average molecular weight is 355 g/mol. The van der Waals surface area contributed by atoms with Gasteiger partial charge in [-0.05, 0) is 31.9 Å². The first-order valence-electron chi connectivity index (χ1n) is 4.20. The molecular formula is C8H6Br2ClN3O. The molecule has 0 radical (unpaired) electrons. The fourth-order valence-electron chi connectivity index (χ4n) is 1.39. The molecule has 4 nitrogen and oxygen atoms in total. The van der Waals surface area contributed by atoms with Crippen LogP contribution in [-0.2, 0) is 4.79 Å². The summed E-state index contributed by atoms with van der Waals surface area (Å²) >= 11 is 12.4. The Balaban J connectivity index is 2.34. The molecule has 1 unspecified atom stereocenters. The SMILES string of the molecule is O=C1CC(Cl)CN1c1ncc(Br)nc1Br. The Morgan fingerprint density at radius 2 is 2.27 bits per heavy atom. The molecule has 1 atom stereocenters. The van der Waals surface area contributed by atoms with Crippen LogP contribution in [0.4, 0.5) is 5.82 Å². The highest BCUT2D eigenvalue weighted by atomic mass is 79.9. The Labute approximate surface area is 108 Å². The van der Waals surface area contributed by atoms with E-state index in [9.17, 15) is 4.79 Å². The van der Waals surface area contributed by atoms with E-state index in [0.717, 1.165) is 0 Å². The molecule has 1 aliphatic heterocycles. The molecule has 15 heavy (non-hydrogen) atoms. The highest BCUT2D eigenvalue weighted by Gasteiger charge is 2.31. The quantitative estimate of drug-likeness (QED) is 0.727. The van der Waals surface area contributed by atoms with Crippen molar-refractivity contribution in [1.82, 2.24) is 9.97 Å². The third kappa shape index (κ3) is 2.32. The van der Waals surface area contributed by atoms with Crippen molar-refractivity contribution >= 4 is 55.2 Å². The van der Waals surface area contributed by atoms with E-state index < -0.39 is 0 Å². The highest BCUT2D eigenvalue weighted by molar-refractivity contribution is 9.11. The van der Waals surface area contributed by atoms with Crippen LogP contribution in [0.5, 0.6) is 0 Å². The Morgan fingerprint density at radius 3 is 2.80 bits per heavy atom. The van der Waals surface area contributed by atoms with Gasteiger partial charge >= 0.3 is 0 Å². The number of carbonyl (C=O) groups is 1. The minimum atomic E-state index is -0.144. The molecule has 7 heteroatoms. The number of carbonyl (C=O) groups excluding carboxylic acids is 1. The van der Waals surface area contributed by atoms with Crippen molar-refractivity contribution in [1.29, 1.82) is 0 Å². The van der Waals surface area contributed by atoms with Gasteiger partial charge in [0, 0.05) is 13.0 Å². The van der Waals surface area contributed by atoms with Gasteiger partial charge in [0.1, 0.15) is 9.21 Å². The summed E-state index contributed by atoms with van der Waals surface area (Å²) in [6, 6.07) is 0. The van der Waals surface area contributed by atoms with Gasteiger partial charge in [-0.15, -0.1) is 11.6 Å². The summed E-state index contributed by atoms with van der Waals surface area (Å²) in [5.74, 6) is 0.499. The van der Waals surface area contributed by atoms with Gasteiger partial charge in [-0.25, -0.2) is 9.97 Å². The summed E-state index contributed by atoms with van der Waals surface area (Å²) in [5.41, 5.74) is 0. The molecule has 1 aromatic rings. The Kier molecular flexibility index (Phi) is 3.27. The second-order valence-corrected chi connectivity index (χ2v) is 5.29. The molecule has 0 aromatic carbocycles. The summed E-state index contributed by atoms with van der Waals surface area (Å²) in [6.45, 7) is 0.481. The molecule has 1 aromatic heterocycles. The van der Waals surface area contributed by atoms with E-state index in [2.05, 4.69) is 41.8 Å². The molecule has 0 bridgehead atoms. The van der Waals surface area contributed by atoms with Crippen LogP contribution in [0.1, 0.15) is 6.42 Å².